The fraction of sp³-hybridized carbons (Fsp3) is 0.444. The van der Waals surface area contributed by atoms with Gasteiger partial charge in [-0.25, -0.2) is 4.79 Å². The second kappa shape index (κ2) is 7.66. The number of rotatable bonds is 6. The SMILES string of the molecule is COC(=O)c1c(-c2ccco2)csc1NC(=O)CCC1CCCC1. The molecule has 0 atom stereocenters. The number of furan rings is 1. The molecule has 0 aromatic carbocycles. The molecule has 3 rings (SSSR count). The standard InChI is InChI=1S/C18H21NO4S/c1-22-18(21)16-13(14-7-4-10-23-14)11-24-17(16)19-15(20)9-8-12-5-2-3-6-12/h4,7,10-12H,2-3,5-6,8-9H2,1H3,(H,19,20). The second-order valence-corrected chi connectivity index (χ2v) is 6.94. The van der Waals surface area contributed by atoms with Crippen LogP contribution in [0.4, 0.5) is 5.00 Å². The normalized spacial score (nSPS) is 14.7. The molecule has 1 aliphatic rings. The first-order valence-corrected chi connectivity index (χ1v) is 9.10. The summed E-state index contributed by atoms with van der Waals surface area (Å²) in [4.78, 5) is 24.4. The molecule has 1 aliphatic carbocycles. The Morgan fingerprint density at radius 3 is 2.83 bits per heavy atom. The van der Waals surface area contributed by atoms with Gasteiger partial charge in [-0.05, 0) is 24.5 Å². The van der Waals surface area contributed by atoms with Gasteiger partial charge in [0.1, 0.15) is 16.3 Å². The number of carbonyl (C=O) groups excluding carboxylic acids is 2. The summed E-state index contributed by atoms with van der Waals surface area (Å²) in [6, 6.07) is 3.54. The van der Waals surface area contributed by atoms with Gasteiger partial charge < -0.3 is 14.5 Å². The van der Waals surface area contributed by atoms with Crippen LogP contribution in [0.15, 0.2) is 28.2 Å². The monoisotopic (exact) mass is 347 g/mol. The number of nitrogens with one attached hydrogen (secondary N) is 1. The highest BCUT2D eigenvalue weighted by Gasteiger charge is 2.24. The van der Waals surface area contributed by atoms with Crippen molar-refractivity contribution >= 4 is 28.2 Å². The summed E-state index contributed by atoms with van der Waals surface area (Å²) in [5, 5.41) is 5.19. The Balaban J connectivity index is 1.72. The van der Waals surface area contributed by atoms with Crippen LogP contribution < -0.4 is 5.32 Å². The fourth-order valence-electron chi connectivity index (χ4n) is 3.19. The number of ether oxygens (including phenoxy) is 1. The largest absolute Gasteiger partial charge is 0.465 e. The Morgan fingerprint density at radius 1 is 1.38 bits per heavy atom. The molecule has 2 aromatic heterocycles. The number of carbonyl (C=O) groups is 2. The van der Waals surface area contributed by atoms with E-state index in [2.05, 4.69) is 5.32 Å². The summed E-state index contributed by atoms with van der Waals surface area (Å²) >= 11 is 1.31. The lowest BCUT2D eigenvalue weighted by atomic mass is 10.0. The molecule has 0 radical (unpaired) electrons. The molecule has 0 spiro atoms. The van der Waals surface area contributed by atoms with Crippen LogP contribution in [0.25, 0.3) is 11.3 Å². The topological polar surface area (TPSA) is 68.5 Å². The van der Waals surface area contributed by atoms with E-state index < -0.39 is 5.97 Å². The predicted octanol–water partition coefficient (Wildman–Crippen LogP) is 4.70. The Labute approximate surface area is 145 Å². The quantitative estimate of drug-likeness (QED) is 0.769. The number of thiophene rings is 1. The van der Waals surface area contributed by atoms with E-state index in [9.17, 15) is 9.59 Å². The first kappa shape index (κ1) is 16.8. The Bertz CT molecular complexity index is 699. The molecule has 1 saturated carbocycles. The van der Waals surface area contributed by atoms with E-state index in [1.54, 1.807) is 23.8 Å². The minimum atomic E-state index is -0.478. The lowest BCUT2D eigenvalue weighted by molar-refractivity contribution is -0.116. The number of amides is 1. The minimum absolute atomic E-state index is 0.0557. The highest BCUT2D eigenvalue weighted by molar-refractivity contribution is 7.15. The third kappa shape index (κ3) is 3.70. The van der Waals surface area contributed by atoms with Gasteiger partial charge in [0.05, 0.1) is 13.4 Å². The smallest absolute Gasteiger partial charge is 0.341 e. The van der Waals surface area contributed by atoms with Gasteiger partial charge in [0.15, 0.2) is 0 Å². The van der Waals surface area contributed by atoms with Crippen LogP contribution in [0.2, 0.25) is 0 Å². The summed E-state index contributed by atoms with van der Waals surface area (Å²) in [5.41, 5.74) is 0.995. The summed E-state index contributed by atoms with van der Waals surface area (Å²) in [7, 11) is 1.33. The maximum absolute atomic E-state index is 12.2. The van der Waals surface area contributed by atoms with Crippen molar-refractivity contribution in [2.45, 2.75) is 38.5 Å². The Kier molecular flexibility index (Phi) is 5.35. The molecule has 1 amide bonds. The summed E-state index contributed by atoms with van der Waals surface area (Å²) < 4.78 is 10.2. The molecule has 2 aromatic rings. The lowest BCUT2D eigenvalue weighted by Gasteiger charge is -2.09. The average Bonchev–Trinajstić information content (AvgIpc) is 3.32. The van der Waals surface area contributed by atoms with Crippen molar-refractivity contribution < 1.29 is 18.7 Å². The fourth-order valence-corrected chi connectivity index (χ4v) is 4.14. The van der Waals surface area contributed by atoms with E-state index in [4.69, 9.17) is 9.15 Å². The molecule has 2 heterocycles. The molecule has 0 unspecified atom stereocenters. The molecule has 0 bridgehead atoms. The van der Waals surface area contributed by atoms with Gasteiger partial charge in [-0.1, -0.05) is 25.7 Å². The van der Waals surface area contributed by atoms with Crippen molar-refractivity contribution in [1.29, 1.82) is 0 Å². The first-order valence-electron chi connectivity index (χ1n) is 8.22. The van der Waals surface area contributed by atoms with Crippen LogP contribution in [-0.2, 0) is 9.53 Å². The van der Waals surface area contributed by atoms with Gasteiger partial charge in [-0.3, -0.25) is 4.79 Å². The summed E-state index contributed by atoms with van der Waals surface area (Å²) in [5.74, 6) is 0.713. The number of anilines is 1. The van der Waals surface area contributed by atoms with Gasteiger partial charge in [0.2, 0.25) is 5.91 Å². The predicted molar refractivity (Wildman–Crippen MR) is 93.2 cm³/mol. The minimum Gasteiger partial charge on any atom is -0.465 e. The molecule has 6 heteroatoms. The molecule has 0 aliphatic heterocycles. The van der Waals surface area contributed by atoms with Gasteiger partial charge in [0.25, 0.3) is 0 Å². The highest BCUT2D eigenvalue weighted by Crippen LogP contribution is 2.36. The first-order chi connectivity index (χ1) is 11.7. The second-order valence-electron chi connectivity index (χ2n) is 6.06. The van der Waals surface area contributed by atoms with Gasteiger partial charge in [-0.15, -0.1) is 11.3 Å². The molecule has 128 valence electrons. The average molecular weight is 347 g/mol. The molecule has 24 heavy (non-hydrogen) atoms. The maximum Gasteiger partial charge on any atom is 0.341 e. The van der Waals surface area contributed by atoms with Crippen molar-refractivity contribution in [1.82, 2.24) is 0 Å². The third-order valence-electron chi connectivity index (χ3n) is 4.47. The van der Waals surface area contributed by atoms with E-state index in [1.165, 1.54) is 44.1 Å². The molecule has 5 nitrogen and oxygen atoms in total. The maximum atomic E-state index is 12.2. The zero-order valence-electron chi connectivity index (χ0n) is 13.7. The van der Waals surface area contributed by atoms with Crippen LogP contribution >= 0.6 is 11.3 Å². The molecule has 0 saturated heterocycles. The van der Waals surface area contributed by atoms with E-state index in [0.29, 0.717) is 34.2 Å². The van der Waals surface area contributed by atoms with E-state index in [0.717, 1.165) is 6.42 Å². The van der Waals surface area contributed by atoms with Gasteiger partial charge >= 0.3 is 5.97 Å². The number of esters is 1. The van der Waals surface area contributed by atoms with Gasteiger partial charge in [-0.2, -0.15) is 0 Å². The van der Waals surface area contributed by atoms with Crippen LogP contribution in [0.3, 0.4) is 0 Å². The molecule has 1 N–H and O–H groups in total. The van der Waals surface area contributed by atoms with Crippen LogP contribution in [0.1, 0.15) is 48.9 Å². The Hall–Kier alpha value is -2.08. The van der Waals surface area contributed by atoms with E-state index in [1.807, 2.05) is 0 Å². The number of hydrogen-bond donors (Lipinski definition) is 1. The number of methoxy groups -OCH3 is 1. The van der Waals surface area contributed by atoms with Gasteiger partial charge in [0, 0.05) is 17.4 Å². The molecular formula is C18H21NO4S. The van der Waals surface area contributed by atoms with Crippen molar-refractivity contribution in [3.63, 3.8) is 0 Å². The third-order valence-corrected chi connectivity index (χ3v) is 5.37. The van der Waals surface area contributed by atoms with E-state index >= 15 is 0 Å². The van der Waals surface area contributed by atoms with E-state index in [-0.39, 0.29) is 5.91 Å². The zero-order valence-corrected chi connectivity index (χ0v) is 14.5. The highest BCUT2D eigenvalue weighted by atomic mass is 32.1. The van der Waals surface area contributed by atoms with Crippen molar-refractivity contribution in [2.75, 3.05) is 12.4 Å². The summed E-state index contributed by atoms with van der Waals surface area (Å²) in [6.07, 6.45) is 7.94. The van der Waals surface area contributed by atoms with Crippen LogP contribution in [0.5, 0.6) is 0 Å². The van der Waals surface area contributed by atoms with Crippen LogP contribution in [-0.4, -0.2) is 19.0 Å². The number of hydrogen-bond acceptors (Lipinski definition) is 5. The summed E-state index contributed by atoms with van der Waals surface area (Å²) in [6.45, 7) is 0. The Morgan fingerprint density at radius 2 is 2.17 bits per heavy atom. The van der Waals surface area contributed by atoms with Crippen molar-refractivity contribution in [3.05, 3.63) is 29.3 Å². The lowest BCUT2D eigenvalue weighted by Crippen LogP contribution is -2.14. The zero-order chi connectivity index (χ0) is 16.9. The molecule has 1 fully saturated rings. The van der Waals surface area contributed by atoms with Crippen LogP contribution in [0, 0.1) is 5.92 Å². The van der Waals surface area contributed by atoms with Crippen molar-refractivity contribution in [3.8, 4) is 11.3 Å². The van der Waals surface area contributed by atoms with Crippen molar-refractivity contribution in [2.24, 2.45) is 5.92 Å². The molecular weight excluding hydrogens is 326 g/mol.